The first kappa shape index (κ1) is 17.0. The summed E-state index contributed by atoms with van der Waals surface area (Å²) in [5.41, 5.74) is 1.03. The molecule has 1 saturated carbocycles. The number of nitrogens with one attached hydrogen (secondary N) is 1. The van der Waals surface area contributed by atoms with E-state index in [1.54, 1.807) is 0 Å². The molecular weight excluding hydrogens is 319 g/mol. The number of likely N-dealkylation sites (tertiary alicyclic amines) is 1. The molecule has 1 aromatic carbocycles. The van der Waals surface area contributed by atoms with Gasteiger partial charge in [-0.2, -0.15) is 0 Å². The number of hydrogen-bond acceptors (Lipinski definition) is 3. The minimum atomic E-state index is -0.262. The third-order valence-corrected chi connectivity index (χ3v) is 5.90. The molecule has 2 heterocycles. The summed E-state index contributed by atoms with van der Waals surface area (Å²) in [5, 5.41) is 3.05. The Morgan fingerprint density at radius 3 is 2.56 bits per heavy atom. The molecule has 0 bridgehead atoms. The summed E-state index contributed by atoms with van der Waals surface area (Å²) in [7, 11) is 0. The van der Waals surface area contributed by atoms with Crippen LogP contribution >= 0.6 is 0 Å². The molecule has 4 nitrogen and oxygen atoms in total. The number of rotatable bonds is 5. The van der Waals surface area contributed by atoms with Gasteiger partial charge < -0.3 is 10.1 Å². The maximum absolute atomic E-state index is 13.0. The molecule has 0 aromatic heterocycles. The maximum atomic E-state index is 13.0. The smallest absolute Gasteiger partial charge is 0.249 e. The summed E-state index contributed by atoms with van der Waals surface area (Å²) in [5.74, 6) is 0.596. The Bertz CT molecular complexity index is 607. The molecule has 1 atom stereocenters. The Morgan fingerprint density at radius 2 is 1.88 bits per heavy atom. The standard InChI is InChI=1S/C20H27FN2O2/c21-17-5-3-16(4-6-17)14-23-11-9-20(10-12-23)8-7-18(25-20)19(24)22-13-15-1-2-15/h3-6,15,18H,1-2,7-14H2,(H,22,24). The molecule has 4 rings (SSSR count). The Labute approximate surface area is 148 Å². The molecule has 2 aliphatic heterocycles. The number of benzene rings is 1. The lowest BCUT2D eigenvalue weighted by molar-refractivity contribution is -0.140. The van der Waals surface area contributed by atoms with Crippen LogP contribution in [-0.4, -0.2) is 42.1 Å². The SMILES string of the molecule is O=C(NCC1CC1)C1CCC2(CCN(Cc3ccc(F)cc3)CC2)O1. The number of halogens is 1. The molecule has 5 heteroatoms. The van der Waals surface area contributed by atoms with Crippen molar-refractivity contribution in [1.29, 1.82) is 0 Å². The number of carbonyl (C=O) groups excluding carboxylic acids is 1. The number of nitrogens with zero attached hydrogens (tertiary/aromatic N) is 1. The van der Waals surface area contributed by atoms with E-state index >= 15 is 0 Å². The van der Waals surface area contributed by atoms with Crippen LogP contribution in [0, 0.1) is 11.7 Å². The van der Waals surface area contributed by atoms with E-state index in [4.69, 9.17) is 4.74 Å². The first-order valence-corrected chi connectivity index (χ1v) is 9.54. The first-order valence-electron chi connectivity index (χ1n) is 9.54. The van der Waals surface area contributed by atoms with Crippen molar-refractivity contribution in [3.8, 4) is 0 Å². The fourth-order valence-electron chi connectivity index (χ4n) is 4.01. The van der Waals surface area contributed by atoms with Gasteiger partial charge in [0.05, 0.1) is 5.60 Å². The monoisotopic (exact) mass is 346 g/mol. The molecule has 1 aromatic rings. The largest absolute Gasteiger partial charge is 0.362 e. The second kappa shape index (κ2) is 7.04. The molecule has 1 aliphatic carbocycles. The van der Waals surface area contributed by atoms with Gasteiger partial charge >= 0.3 is 0 Å². The van der Waals surface area contributed by atoms with Crippen LogP contribution in [0.2, 0.25) is 0 Å². The summed E-state index contributed by atoms with van der Waals surface area (Å²) in [6.45, 7) is 3.60. The number of amides is 1. The van der Waals surface area contributed by atoms with Gasteiger partial charge in [0.15, 0.2) is 0 Å². The second-order valence-electron chi connectivity index (χ2n) is 7.92. The van der Waals surface area contributed by atoms with Gasteiger partial charge in [0.2, 0.25) is 5.91 Å². The van der Waals surface area contributed by atoms with E-state index in [-0.39, 0.29) is 23.4 Å². The molecule has 0 radical (unpaired) electrons. The maximum Gasteiger partial charge on any atom is 0.249 e. The van der Waals surface area contributed by atoms with Crippen molar-refractivity contribution in [2.24, 2.45) is 5.92 Å². The van der Waals surface area contributed by atoms with Crippen LogP contribution in [0.3, 0.4) is 0 Å². The predicted molar refractivity (Wildman–Crippen MR) is 93.5 cm³/mol. The highest BCUT2D eigenvalue weighted by Gasteiger charge is 2.44. The van der Waals surface area contributed by atoms with Crippen LogP contribution in [0.1, 0.15) is 44.1 Å². The summed E-state index contributed by atoms with van der Waals surface area (Å²) in [6, 6.07) is 6.75. The fourth-order valence-corrected chi connectivity index (χ4v) is 4.01. The molecule has 2 saturated heterocycles. The molecule has 25 heavy (non-hydrogen) atoms. The van der Waals surface area contributed by atoms with E-state index in [9.17, 15) is 9.18 Å². The van der Waals surface area contributed by atoms with Gasteiger partial charge in [-0.05, 0) is 62.1 Å². The molecule has 3 aliphatic rings. The Kier molecular flexibility index (Phi) is 4.78. The minimum absolute atomic E-state index is 0.0810. The third kappa shape index (κ3) is 4.21. The van der Waals surface area contributed by atoms with Crippen LogP contribution in [0.15, 0.2) is 24.3 Å². The predicted octanol–water partition coefficient (Wildman–Crippen LogP) is 2.87. The van der Waals surface area contributed by atoms with Crippen molar-refractivity contribution >= 4 is 5.91 Å². The van der Waals surface area contributed by atoms with E-state index in [0.29, 0.717) is 5.92 Å². The summed E-state index contributed by atoms with van der Waals surface area (Å²) in [4.78, 5) is 14.7. The lowest BCUT2D eigenvalue weighted by atomic mass is 9.88. The Hall–Kier alpha value is -1.46. The van der Waals surface area contributed by atoms with Gasteiger partial charge in [0, 0.05) is 26.2 Å². The van der Waals surface area contributed by atoms with E-state index in [2.05, 4.69) is 10.2 Å². The van der Waals surface area contributed by atoms with E-state index in [1.807, 2.05) is 12.1 Å². The lowest BCUT2D eigenvalue weighted by Gasteiger charge is -2.39. The zero-order valence-electron chi connectivity index (χ0n) is 14.7. The summed E-state index contributed by atoms with van der Waals surface area (Å²) >= 11 is 0. The van der Waals surface area contributed by atoms with Gasteiger partial charge in [0.25, 0.3) is 0 Å². The molecule has 136 valence electrons. The topological polar surface area (TPSA) is 41.6 Å². The molecule has 1 spiro atoms. The van der Waals surface area contributed by atoms with Crippen LogP contribution in [0.5, 0.6) is 0 Å². The van der Waals surface area contributed by atoms with Crippen molar-refractivity contribution in [3.63, 3.8) is 0 Å². The van der Waals surface area contributed by atoms with Crippen molar-refractivity contribution in [2.45, 2.75) is 56.8 Å². The number of piperidine rings is 1. The lowest BCUT2D eigenvalue weighted by Crippen LogP contribution is -2.45. The van der Waals surface area contributed by atoms with Gasteiger partial charge in [0.1, 0.15) is 11.9 Å². The van der Waals surface area contributed by atoms with Gasteiger partial charge in [-0.15, -0.1) is 0 Å². The minimum Gasteiger partial charge on any atom is -0.362 e. The average molecular weight is 346 g/mol. The average Bonchev–Trinajstić information content (AvgIpc) is 3.37. The second-order valence-corrected chi connectivity index (χ2v) is 7.92. The molecule has 1 unspecified atom stereocenters. The van der Waals surface area contributed by atoms with Crippen LogP contribution in [-0.2, 0) is 16.1 Å². The van der Waals surface area contributed by atoms with E-state index in [1.165, 1.54) is 25.0 Å². The van der Waals surface area contributed by atoms with Crippen molar-refractivity contribution in [2.75, 3.05) is 19.6 Å². The van der Waals surface area contributed by atoms with Gasteiger partial charge in [-0.25, -0.2) is 4.39 Å². The Balaban J connectivity index is 1.25. The van der Waals surface area contributed by atoms with Crippen LogP contribution in [0.25, 0.3) is 0 Å². The van der Waals surface area contributed by atoms with Gasteiger partial charge in [-0.1, -0.05) is 12.1 Å². The van der Waals surface area contributed by atoms with Crippen molar-refractivity contribution in [3.05, 3.63) is 35.6 Å². The molecule has 3 fully saturated rings. The van der Waals surface area contributed by atoms with E-state index < -0.39 is 0 Å². The number of hydrogen-bond donors (Lipinski definition) is 1. The molecule has 1 N–H and O–H groups in total. The van der Waals surface area contributed by atoms with Crippen LogP contribution in [0.4, 0.5) is 4.39 Å². The summed E-state index contributed by atoms with van der Waals surface area (Å²) in [6.07, 6.45) is 6.01. The highest BCUT2D eigenvalue weighted by molar-refractivity contribution is 5.81. The first-order chi connectivity index (χ1) is 12.1. The highest BCUT2D eigenvalue weighted by Crippen LogP contribution is 2.39. The quantitative estimate of drug-likeness (QED) is 0.891. The summed E-state index contributed by atoms with van der Waals surface area (Å²) < 4.78 is 19.2. The zero-order chi connectivity index (χ0) is 17.3. The third-order valence-electron chi connectivity index (χ3n) is 5.90. The molecular formula is C20H27FN2O2. The Morgan fingerprint density at radius 1 is 1.16 bits per heavy atom. The zero-order valence-corrected chi connectivity index (χ0v) is 14.7. The van der Waals surface area contributed by atoms with Gasteiger partial charge in [-0.3, -0.25) is 9.69 Å². The normalized spacial score (nSPS) is 26.0. The molecule has 1 amide bonds. The van der Waals surface area contributed by atoms with Crippen LogP contribution < -0.4 is 5.32 Å². The fraction of sp³-hybridized carbons (Fsp3) is 0.650. The number of carbonyl (C=O) groups is 1. The van der Waals surface area contributed by atoms with Crippen molar-refractivity contribution in [1.82, 2.24) is 10.2 Å². The van der Waals surface area contributed by atoms with E-state index in [0.717, 1.165) is 57.4 Å². The van der Waals surface area contributed by atoms with Crippen molar-refractivity contribution < 1.29 is 13.9 Å². The number of ether oxygens (including phenoxy) is 1. The highest BCUT2D eigenvalue weighted by atomic mass is 19.1.